The topological polar surface area (TPSA) is 99.0 Å². The molecule has 1 atom stereocenters. The third kappa shape index (κ3) is 7.59. The highest BCUT2D eigenvalue weighted by Crippen LogP contribution is 2.31. The predicted molar refractivity (Wildman–Crippen MR) is 175 cm³/mol. The monoisotopic (exact) mass is 629 g/mol. The number of piperazine rings is 1. The number of rotatable bonds is 12. The van der Waals surface area contributed by atoms with E-state index in [0.717, 1.165) is 35.6 Å². The first-order valence-corrected chi connectivity index (χ1v) is 16.1. The average Bonchev–Trinajstić information content (AvgIpc) is 3.51. The van der Waals surface area contributed by atoms with Gasteiger partial charge in [-0.3, -0.25) is 14.2 Å². The van der Waals surface area contributed by atoms with Crippen LogP contribution in [0.25, 0.3) is 17.1 Å². The molecule has 4 aromatic rings. The average molecular weight is 630 g/mol. The summed E-state index contributed by atoms with van der Waals surface area (Å²) in [5, 5.41) is 9.55. The van der Waals surface area contributed by atoms with Crippen molar-refractivity contribution < 1.29 is 23.8 Å². The molecule has 1 fully saturated rings. The third-order valence-corrected chi connectivity index (χ3v) is 8.64. The lowest BCUT2D eigenvalue weighted by molar-refractivity contribution is -0.130. The zero-order valence-electron chi connectivity index (χ0n) is 26.1. The van der Waals surface area contributed by atoms with Crippen molar-refractivity contribution in [3.63, 3.8) is 0 Å². The van der Waals surface area contributed by atoms with Crippen LogP contribution in [0.5, 0.6) is 17.2 Å². The molecule has 5 rings (SSSR count). The van der Waals surface area contributed by atoms with Crippen molar-refractivity contribution >= 4 is 23.6 Å². The van der Waals surface area contributed by atoms with Crippen molar-refractivity contribution in [1.82, 2.24) is 24.6 Å². The summed E-state index contributed by atoms with van der Waals surface area (Å²) in [6, 6.07) is 22.4. The zero-order chi connectivity index (χ0) is 31.8. The number of benzene rings is 3. The molecule has 10 nitrogen and oxygen atoms in total. The van der Waals surface area contributed by atoms with Gasteiger partial charge in [-0.1, -0.05) is 37.2 Å². The van der Waals surface area contributed by atoms with Crippen molar-refractivity contribution in [2.24, 2.45) is 0 Å². The van der Waals surface area contributed by atoms with Gasteiger partial charge in [-0.25, -0.2) is 0 Å². The van der Waals surface area contributed by atoms with Crippen LogP contribution < -0.4 is 14.2 Å². The van der Waals surface area contributed by atoms with Crippen LogP contribution in [0.2, 0.25) is 0 Å². The molecule has 1 aliphatic rings. The highest BCUT2D eigenvalue weighted by Gasteiger charge is 2.30. The van der Waals surface area contributed by atoms with Gasteiger partial charge in [-0.15, -0.1) is 10.2 Å². The number of hydrogen-bond acceptors (Lipinski definition) is 8. The number of amides is 2. The molecular formula is C34H39N5O5S. The number of aromatic nitrogens is 3. The summed E-state index contributed by atoms with van der Waals surface area (Å²) in [6.07, 6.45) is 2.06. The molecule has 236 valence electrons. The maximum Gasteiger partial charge on any atom is 0.254 e. The second kappa shape index (κ2) is 15.0. The Kier molecular flexibility index (Phi) is 10.6. The van der Waals surface area contributed by atoms with Crippen LogP contribution in [0.4, 0.5) is 0 Å². The molecule has 11 heteroatoms. The molecule has 1 unspecified atom stereocenters. The SMILES string of the molecule is CCCCOc1ccc(C(=O)N2CCN(C(=O)CSc3nnc(-c4cccc(OC)c4)n3-c3ccc(OC)cc3)CC2C)cc1. The Labute approximate surface area is 268 Å². The fraction of sp³-hybridized carbons (Fsp3) is 0.353. The molecule has 2 heterocycles. The van der Waals surface area contributed by atoms with Crippen LogP contribution in [0.1, 0.15) is 37.0 Å². The number of methoxy groups -OCH3 is 2. The summed E-state index contributed by atoms with van der Waals surface area (Å²) < 4.78 is 18.4. The number of ether oxygens (including phenoxy) is 3. The molecule has 0 radical (unpaired) electrons. The van der Waals surface area contributed by atoms with E-state index < -0.39 is 0 Å². The van der Waals surface area contributed by atoms with Gasteiger partial charge in [-0.2, -0.15) is 0 Å². The van der Waals surface area contributed by atoms with Crippen LogP contribution in [0.15, 0.2) is 78.0 Å². The number of carbonyl (C=O) groups is 2. The second-order valence-corrected chi connectivity index (χ2v) is 11.7. The van der Waals surface area contributed by atoms with Crippen molar-refractivity contribution in [2.75, 3.05) is 46.2 Å². The fourth-order valence-corrected chi connectivity index (χ4v) is 6.03. The van der Waals surface area contributed by atoms with Gasteiger partial charge in [-0.05, 0) is 74.0 Å². The fourth-order valence-electron chi connectivity index (χ4n) is 5.17. The van der Waals surface area contributed by atoms with Crippen molar-refractivity contribution in [1.29, 1.82) is 0 Å². The van der Waals surface area contributed by atoms with Crippen molar-refractivity contribution in [3.8, 4) is 34.3 Å². The summed E-state index contributed by atoms with van der Waals surface area (Å²) >= 11 is 1.34. The van der Waals surface area contributed by atoms with E-state index in [1.54, 1.807) is 14.2 Å². The molecule has 0 bridgehead atoms. The summed E-state index contributed by atoms with van der Waals surface area (Å²) in [5.41, 5.74) is 2.30. The number of unbranched alkanes of at least 4 members (excludes halogenated alkanes) is 1. The lowest BCUT2D eigenvalue weighted by Gasteiger charge is -2.40. The quantitative estimate of drug-likeness (QED) is 0.148. The number of thioether (sulfide) groups is 1. The maximum absolute atomic E-state index is 13.4. The predicted octanol–water partition coefficient (Wildman–Crippen LogP) is 5.60. The number of carbonyl (C=O) groups excluding carboxylic acids is 2. The number of hydrogen-bond donors (Lipinski definition) is 0. The first-order chi connectivity index (χ1) is 21.9. The molecule has 0 saturated carbocycles. The molecule has 0 aliphatic carbocycles. The minimum atomic E-state index is -0.122. The van der Waals surface area contributed by atoms with Gasteiger partial charge < -0.3 is 24.0 Å². The third-order valence-electron chi connectivity index (χ3n) is 7.73. The van der Waals surface area contributed by atoms with Crippen molar-refractivity contribution in [2.45, 2.75) is 37.9 Å². The van der Waals surface area contributed by atoms with Gasteiger partial charge in [0.1, 0.15) is 17.2 Å². The van der Waals surface area contributed by atoms with E-state index in [0.29, 0.717) is 48.5 Å². The summed E-state index contributed by atoms with van der Waals surface area (Å²) in [7, 11) is 3.25. The van der Waals surface area contributed by atoms with Crippen LogP contribution in [0.3, 0.4) is 0 Å². The van der Waals surface area contributed by atoms with Gasteiger partial charge in [0.2, 0.25) is 5.91 Å². The second-order valence-electron chi connectivity index (χ2n) is 10.8. The lowest BCUT2D eigenvalue weighted by Crippen LogP contribution is -2.55. The molecule has 1 aromatic heterocycles. The summed E-state index contributed by atoms with van der Waals surface area (Å²) in [6.45, 7) is 6.16. The maximum atomic E-state index is 13.4. The molecule has 1 aliphatic heterocycles. The van der Waals surface area contributed by atoms with Gasteiger partial charge >= 0.3 is 0 Å². The molecular weight excluding hydrogens is 590 g/mol. The van der Waals surface area contributed by atoms with Crippen LogP contribution in [-0.4, -0.2) is 88.6 Å². The molecule has 45 heavy (non-hydrogen) atoms. The molecule has 0 spiro atoms. The first kappa shape index (κ1) is 31.9. The van der Waals surface area contributed by atoms with Gasteiger partial charge in [0.25, 0.3) is 5.91 Å². The Morgan fingerprint density at radius 3 is 2.33 bits per heavy atom. The largest absolute Gasteiger partial charge is 0.497 e. The van der Waals surface area contributed by atoms with Gasteiger partial charge in [0, 0.05) is 42.5 Å². The van der Waals surface area contributed by atoms with Gasteiger partial charge in [0.05, 0.1) is 26.6 Å². The van der Waals surface area contributed by atoms with Crippen LogP contribution >= 0.6 is 11.8 Å². The Balaban J connectivity index is 1.25. The lowest BCUT2D eigenvalue weighted by atomic mass is 10.1. The normalized spacial score (nSPS) is 14.7. The Morgan fingerprint density at radius 2 is 1.64 bits per heavy atom. The van der Waals surface area contributed by atoms with Crippen LogP contribution in [0, 0.1) is 0 Å². The van der Waals surface area contributed by atoms with Crippen LogP contribution in [-0.2, 0) is 4.79 Å². The molecule has 3 aromatic carbocycles. The standard InChI is InChI=1S/C34H39N5O5S/c1-5-6-20-44-29-14-10-25(11-15-29)33(41)38-19-18-37(22-24(38)2)31(40)23-45-34-36-35-32(26-8-7-9-30(21-26)43-4)39(34)27-12-16-28(42-3)17-13-27/h7-17,21,24H,5-6,18-20,22-23H2,1-4H3. The smallest absolute Gasteiger partial charge is 0.254 e. The van der Waals surface area contributed by atoms with E-state index in [2.05, 4.69) is 17.1 Å². The highest BCUT2D eigenvalue weighted by molar-refractivity contribution is 7.99. The van der Waals surface area contributed by atoms with E-state index in [4.69, 9.17) is 14.2 Å². The summed E-state index contributed by atoms with van der Waals surface area (Å²) in [5.74, 6) is 2.98. The Morgan fingerprint density at radius 1 is 0.911 bits per heavy atom. The van der Waals surface area contributed by atoms with Gasteiger partial charge in [0.15, 0.2) is 11.0 Å². The Hall–Kier alpha value is -4.51. The van der Waals surface area contributed by atoms with E-state index in [9.17, 15) is 9.59 Å². The van der Waals surface area contributed by atoms with Crippen molar-refractivity contribution in [3.05, 3.63) is 78.4 Å². The first-order valence-electron chi connectivity index (χ1n) is 15.1. The highest BCUT2D eigenvalue weighted by atomic mass is 32.2. The van der Waals surface area contributed by atoms with E-state index in [1.165, 1.54) is 11.8 Å². The Bertz CT molecular complexity index is 1590. The molecule has 2 amide bonds. The van der Waals surface area contributed by atoms with E-state index in [-0.39, 0.29) is 23.6 Å². The van der Waals surface area contributed by atoms with E-state index in [1.807, 2.05) is 94.1 Å². The molecule has 0 N–H and O–H groups in total. The zero-order valence-corrected chi connectivity index (χ0v) is 27.0. The number of nitrogens with zero attached hydrogens (tertiary/aromatic N) is 5. The molecule has 1 saturated heterocycles. The van der Waals surface area contributed by atoms with E-state index >= 15 is 0 Å². The minimum Gasteiger partial charge on any atom is -0.497 e. The minimum absolute atomic E-state index is 0.0141. The summed E-state index contributed by atoms with van der Waals surface area (Å²) in [4.78, 5) is 30.3.